The van der Waals surface area contributed by atoms with Gasteiger partial charge in [-0.1, -0.05) is 0 Å². The minimum absolute atomic E-state index is 0.00142. The molecule has 0 bridgehead atoms. The fourth-order valence-corrected chi connectivity index (χ4v) is 2.21. The van der Waals surface area contributed by atoms with Crippen molar-refractivity contribution in [3.8, 4) is 0 Å². The monoisotopic (exact) mass is 434 g/mol. The van der Waals surface area contributed by atoms with Gasteiger partial charge < -0.3 is 47.7 Å². The van der Waals surface area contributed by atoms with E-state index in [9.17, 15) is 4.57 Å². The summed E-state index contributed by atoms with van der Waals surface area (Å²) in [6, 6.07) is 0. The molecule has 0 saturated carbocycles. The van der Waals surface area contributed by atoms with E-state index in [0.717, 1.165) is 0 Å². The van der Waals surface area contributed by atoms with Crippen LogP contribution in [0.15, 0.2) is 0 Å². The first-order valence-corrected chi connectivity index (χ1v) is 10.5. The Labute approximate surface area is 167 Å². The molecule has 0 amide bonds. The molecule has 0 saturated heterocycles. The summed E-state index contributed by atoms with van der Waals surface area (Å²) in [5.74, 6) is 0. The lowest BCUT2D eigenvalue weighted by Gasteiger charge is -2.08. The van der Waals surface area contributed by atoms with Crippen LogP contribution in [0.4, 0.5) is 0 Å². The zero-order valence-corrected chi connectivity index (χ0v) is 17.4. The maximum atomic E-state index is 11.5. The maximum absolute atomic E-state index is 11.5. The van der Waals surface area contributed by atoms with Gasteiger partial charge in [-0.15, -0.1) is 0 Å². The van der Waals surface area contributed by atoms with E-state index in [4.69, 9.17) is 47.7 Å². The Morgan fingerprint density at radius 1 is 0.429 bits per heavy atom. The van der Waals surface area contributed by atoms with Gasteiger partial charge in [0.15, 0.2) is 0 Å². The fraction of sp³-hybridized carbons (Fsp3) is 1.00. The van der Waals surface area contributed by atoms with E-state index in [1.54, 1.807) is 0 Å². The highest BCUT2D eigenvalue weighted by Crippen LogP contribution is 2.22. The van der Waals surface area contributed by atoms with Crippen LogP contribution >= 0.6 is 8.25 Å². The second-order valence-electron chi connectivity index (χ2n) is 5.07. The zero-order chi connectivity index (χ0) is 20.5. The van der Waals surface area contributed by atoms with Crippen LogP contribution < -0.4 is 0 Å². The van der Waals surface area contributed by atoms with E-state index in [1.807, 2.05) is 0 Å². The summed E-state index contributed by atoms with van der Waals surface area (Å²) < 4.78 is 52.5. The van der Waals surface area contributed by atoms with Crippen molar-refractivity contribution < 1.29 is 52.2 Å². The molecule has 0 aliphatic heterocycles. The number of ether oxygens (including phenoxy) is 6. The third-order valence-electron chi connectivity index (χ3n) is 2.85. The molecule has 170 valence electrons. The van der Waals surface area contributed by atoms with E-state index in [1.165, 1.54) is 0 Å². The van der Waals surface area contributed by atoms with E-state index in [2.05, 4.69) is 0 Å². The van der Waals surface area contributed by atoms with E-state index < -0.39 is 8.25 Å². The predicted octanol–water partition coefficient (Wildman–Crippen LogP) is -0.506. The third kappa shape index (κ3) is 23.9. The summed E-state index contributed by atoms with van der Waals surface area (Å²) >= 11 is 0. The minimum Gasteiger partial charge on any atom is -0.394 e. The Hall–Kier alpha value is -0.170. The molecule has 0 aliphatic rings. The first-order valence-electron chi connectivity index (χ1n) is 9.29. The summed E-state index contributed by atoms with van der Waals surface area (Å²) in [5, 5.41) is 17.0. The van der Waals surface area contributed by atoms with E-state index in [0.29, 0.717) is 79.3 Å². The summed E-state index contributed by atoms with van der Waals surface area (Å²) in [4.78, 5) is 0. The number of hydrogen-bond acceptors (Lipinski definition) is 11. The Bertz CT molecular complexity index is 295. The van der Waals surface area contributed by atoms with Gasteiger partial charge in [-0.2, -0.15) is 0 Å². The van der Waals surface area contributed by atoms with Crippen LogP contribution in [0.5, 0.6) is 0 Å². The molecule has 0 spiro atoms. The Morgan fingerprint density at radius 2 is 0.679 bits per heavy atom. The zero-order valence-electron chi connectivity index (χ0n) is 16.4. The van der Waals surface area contributed by atoms with Crippen molar-refractivity contribution in [1.82, 2.24) is 0 Å². The lowest BCUT2D eigenvalue weighted by molar-refractivity contribution is 0.000593. The van der Waals surface area contributed by atoms with Crippen LogP contribution in [0, 0.1) is 0 Å². The third-order valence-corrected chi connectivity index (χ3v) is 3.73. The molecule has 0 atom stereocenters. The maximum Gasteiger partial charge on any atom is 0.319 e. The van der Waals surface area contributed by atoms with Gasteiger partial charge in [-0.3, -0.25) is 4.57 Å². The van der Waals surface area contributed by atoms with Crippen LogP contribution in [-0.4, -0.2) is 116 Å². The van der Waals surface area contributed by atoms with Gasteiger partial charge in [0.2, 0.25) is 0 Å². The van der Waals surface area contributed by atoms with Crippen molar-refractivity contribution in [2.45, 2.75) is 0 Å². The standard InChI is InChI=1S/C16H35O11P/c17-1-3-20-5-7-22-9-11-24-13-15-26-28(19)27-16-14-25-12-10-23-8-6-21-4-2-18/h17-18,28H,1-16H2. The molecule has 0 unspecified atom stereocenters. The largest absolute Gasteiger partial charge is 0.394 e. The molecular formula is C16H35O11P. The molecule has 2 N–H and O–H groups in total. The first-order chi connectivity index (χ1) is 13.8. The molecule has 0 aromatic heterocycles. The van der Waals surface area contributed by atoms with Crippen LogP contribution in [0.1, 0.15) is 0 Å². The second-order valence-corrected chi connectivity index (χ2v) is 6.15. The van der Waals surface area contributed by atoms with Gasteiger partial charge in [0, 0.05) is 0 Å². The summed E-state index contributed by atoms with van der Waals surface area (Å²) in [7, 11) is -2.56. The summed E-state index contributed by atoms with van der Waals surface area (Å²) in [6.45, 7) is 4.92. The van der Waals surface area contributed by atoms with E-state index in [-0.39, 0.29) is 26.4 Å². The molecular weight excluding hydrogens is 399 g/mol. The minimum atomic E-state index is -2.56. The van der Waals surface area contributed by atoms with Crippen molar-refractivity contribution in [2.24, 2.45) is 0 Å². The van der Waals surface area contributed by atoms with Crippen molar-refractivity contribution >= 4 is 8.25 Å². The Kier molecular flexibility index (Phi) is 24.7. The molecule has 28 heavy (non-hydrogen) atoms. The molecule has 0 aromatic carbocycles. The number of aliphatic hydroxyl groups is 2. The van der Waals surface area contributed by atoms with Gasteiger partial charge in [0.05, 0.1) is 106 Å². The SMILES string of the molecule is O=[PH](OCCOCCOCCOCCO)OCCOCCOCCOCCO. The first kappa shape index (κ1) is 27.8. The van der Waals surface area contributed by atoms with Crippen LogP contribution in [0.2, 0.25) is 0 Å². The normalized spacial score (nSPS) is 11.5. The summed E-state index contributed by atoms with van der Waals surface area (Å²) in [6.07, 6.45) is 0. The highest BCUT2D eigenvalue weighted by atomic mass is 31.1. The molecule has 0 aliphatic carbocycles. The highest BCUT2D eigenvalue weighted by Gasteiger charge is 2.00. The second kappa shape index (κ2) is 24.9. The molecule has 0 heterocycles. The lowest BCUT2D eigenvalue weighted by Crippen LogP contribution is -2.12. The molecule has 0 rings (SSSR count). The molecule has 11 nitrogen and oxygen atoms in total. The van der Waals surface area contributed by atoms with Crippen LogP contribution in [0.25, 0.3) is 0 Å². The van der Waals surface area contributed by atoms with Gasteiger partial charge in [0.1, 0.15) is 0 Å². The average Bonchev–Trinajstić information content (AvgIpc) is 2.70. The number of hydrogen-bond donors (Lipinski definition) is 2. The van der Waals surface area contributed by atoms with E-state index >= 15 is 0 Å². The van der Waals surface area contributed by atoms with Gasteiger partial charge in [0.25, 0.3) is 0 Å². The van der Waals surface area contributed by atoms with Crippen LogP contribution in [0.3, 0.4) is 0 Å². The van der Waals surface area contributed by atoms with Crippen molar-refractivity contribution in [2.75, 3.05) is 106 Å². The van der Waals surface area contributed by atoms with Gasteiger partial charge in [-0.25, -0.2) is 0 Å². The Balaban J connectivity index is 3.13. The Morgan fingerprint density at radius 3 is 0.964 bits per heavy atom. The number of rotatable bonds is 24. The van der Waals surface area contributed by atoms with Crippen molar-refractivity contribution in [3.63, 3.8) is 0 Å². The van der Waals surface area contributed by atoms with Crippen molar-refractivity contribution in [1.29, 1.82) is 0 Å². The summed E-state index contributed by atoms with van der Waals surface area (Å²) in [5.41, 5.74) is 0. The quantitative estimate of drug-likeness (QED) is 0.150. The lowest BCUT2D eigenvalue weighted by atomic mass is 10.7. The highest BCUT2D eigenvalue weighted by molar-refractivity contribution is 7.33. The smallest absolute Gasteiger partial charge is 0.319 e. The fourth-order valence-electron chi connectivity index (χ4n) is 1.62. The topological polar surface area (TPSA) is 131 Å². The van der Waals surface area contributed by atoms with Gasteiger partial charge >= 0.3 is 8.25 Å². The number of aliphatic hydroxyl groups excluding tert-OH is 2. The van der Waals surface area contributed by atoms with Crippen LogP contribution in [-0.2, 0) is 42.0 Å². The molecule has 12 heteroatoms. The average molecular weight is 434 g/mol. The molecule has 0 radical (unpaired) electrons. The van der Waals surface area contributed by atoms with Crippen molar-refractivity contribution in [3.05, 3.63) is 0 Å². The molecule has 0 aromatic rings. The van der Waals surface area contributed by atoms with Gasteiger partial charge in [-0.05, 0) is 0 Å². The predicted molar refractivity (Wildman–Crippen MR) is 100.0 cm³/mol. The molecule has 0 fully saturated rings.